The number of carbonyl (C=O) groups excluding carboxylic acids is 4. The number of benzene rings is 1. The largest absolute Gasteiger partial charge is 0.352 e. The monoisotopic (exact) mass is 487 g/mol. The van der Waals surface area contributed by atoms with Gasteiger partial charge in [0, 0.05) is 30.6 Å². The number of nitrogens with zero attached hydrogens (tertiary/aromatic N) is 2. The Labute approximate surface area is 206 Å². The number of allylic oxidation sites excluding steroid dienone is 2. The molecule has 0 bridgehead atoms. The summed E-state index contributed by atoms with van der Waals surface area (Å²) < 4.78 is 0. The fraction of sp³-hybridized carbons (Fsp3) is 0.538. The lowest BCUT2D eigenvalue weighted by molar-refractivity contribution is -0.144. The first-order valence-corrected chi connectivity index (χ1v) is 12.5. The minimum atomic E-state index is -0.658. The Kier molecular flexibility index (Phi) is 8.89. The number of hydrogen-bond donors (Lipinski definition) is 1. The normalized spacial score (nSPS) is 21.2. The molecule has 4 atom stereocenters. The zero-order valence-corrected chi connectivity index (χ0v) is 20.9. The summed E-state index contributed by atoms with van der Waals surface area (Å²) in [6.45, 7) is 6.05. The summed E-state index contributed by atoms with van der Waals surface area (Å²) in [5, 5.41) is 3.56. The van der Waals surface area contributed by atoms with Crippen molar-refractivity contribution in [2.24, 2.45) is 11.8 Å². The summed E-state index contributed by atoms with van der Waals surface area (Å²) in [5.74, 6) is -1.50. The van der Waals surface area contributed by atoms with Crippen LogP contribution < -0.4 is 5.32 Å². The maximum absolute atomic E-state index is 13.4. The fourth-order valence-electron chi connectivity index (χ4n) is 4.59. The average molecular weight is 488 g/mol. The molecule has 0 spiro atoms. The second-order valence-corrected chi connectivity index (χ2v) is 9.56. The number of halogens is 1. The highest BCUT2D eigenvalue weighted by atomic mass is 35.5. The molecule has 8 heteroatoms. The van der Waals surface area contributed by atoms with Crippen molar-refractivity contribution in [1.29, 1.82) is 0 Å². The Morgan fingerprint density at radius 3 is 2.18 bits per heavy atom. The van der Waals surface area contributed by atoms with Crippen molar-refractivity contribution in [3.63, 3.8) is 0 Å². The third kappa shape index (κ3) is 5.87. The number of rotatable bonds is 10. The van der Waals surface area contributed by atoms with Crippen LogP contribution >= 0.6 is 11.6 Å². The van der Waals surface area contributed by atoms with Crippen molar-refractivity contribution >= 4 is 35.2 Å². The van der Waals surface area contributed by atoms with E-state index in [0.29, 0.717) is 24.3 Å². The van der Waals surface area contributed by atoms with Gasteiger partial charge in [-0.15, -0.1) is 0 Å². The van der Waals surface area contributed by atoms with E-state index in [1.807, 2.05) is 45.1 Å². The fourth-order valence-corrected chi connectivity index (χ4v) is 4.71. The topological polar surface area (TPSA) is 86.8 Å². The number of carbonyl (C=O) groups is 4. The van der Waals surface area contributed by atoms with E-state index in [4.69, 9.17) is 11.6 Å². The van der Waals surface area contributed by atoms with Crippen LogP contribution in [0.1, 0.15) is 58.4 Å². The molecule has 3 rings (SSSR count). The molecule has 0 saturated carbocycles. The SMILES string of the molecule is CCC(C)NC(=O)C(CC)N(Cc1ccc(Cl)cc1)C(=O)CCN1C(=O)[C@H]2CC=CC[C@H]2C1=O. The minimum absolute atomic E-state index is 0.00849. The highest BCUT2D eigenvalue weighted by Gasteiger charge is 2.47. The van der Waals surface area contributed by atoms with Gasteiger partial charge in [0.25, 0.3) is 0 Å². The second-order valence-electron chi connectivity index (χ2n) is 9.12. The van der Waals surface area contributed by atoms with Crippen LogP contribution in [0, 0.1) is 11.8 Å². The molecule has 1 aromatic carbocycles. The number of likely N-dealkylation sites (tertiary alicyclic amines) is 1. The van der Waals surface area contributed by atoms with Gasteiger partial charge in [0.15, 0.2) is 0 Å². The molecule has 34 heavy (non-hydrogen) atoms. The van der Waals surface area contributed by atoms with Crippen LogP contribution in [0.4, 0.5) is 0 Å². The van der Waals surface area contributed by atoms with Gasteiger partial charge in [-0.25, -0.2) is 0 Å². The van der Waals surface area contributed by atoms with Crippen LogP contribution in [0.2, 0.25) is 5.02 Å². The summed E-state index contributed by atoms with van der Waals surface area (Å²) in [4.78, 5) is 54.8. The molecule has 1 fully saturated rings. The average Bonchev–Trinajstić information content (AvgIpc) is 3.08. The lowest BCUT2D eigenvalue weighted by Gasteiger charge is -2.32. The van der Waals surface area contributed by atoms with Crippen molar-refractivity contribution in [2.45, 2.75) is 71.5 Å². The maximum atomic E-state index is 13.4. The Hall–Kier alpha value is -2.67. The van der Waals surface area contributed by atoms with Gasteiger partial charge in [-0.05, 0) is 50.3 Å². The van der Waals surface area contributed by atoms with Gasteiger partial charge in [-0.1, -0.05) is 49.7 Å². The third-order valence-corrected chi connectivity index (χ3v) is 7.05. The molecular weight excluding hydrogens is 454 g/mol. The standard InChI is InChI=1S/C26H34ClN3O4/c1-4-17(3)28-24(32)22(5-2)30(16-18-10-12-19(27)13-11-18)23(31)14-15-29-25(33)20-8-6-7-9-21(20)26(29)34/h6-7,10-13,17,20-22H,4-5,8-9,14-16H2,1-3H3,(H,28,32)/t17?,20-,21+,22?. The Bertz CT molecular complexity index is 920. The van der Waals surface area contributed by atoms with Crippen molar-refractivity contribution in [3.05, 3.63) is 47.0 Å². The first-order chi connectivity index (χ1) is 16.3. The molecule has 1 aliphatic heterocycles. The predicted molar refractivity (Wildman–Crippen MR) is 131 cm³/mol. The number of fused-ring (bicyclic) bond motifs is 1. The zero-order chi connectivity index (χ0) is 24.8. The lowest BCUT2D eigenvalue weighted by Crippen LogP contribution is -2.51. The first kappa shape index (κ1) is 25.9. The van der Waals surface area contributed by atoms with Gasteiger partial charge in [-0.3, -0.25) is 24.1 Å². The van der Waals surface area contributed by atoms with Crippen LogP contribution in [-0.4, -0.2) is 52.1 Å². The van der Waals surface area contributed by atoms with Crippen LogP contribution in [0.15, 0.2) is 36.4 Å². The number of hydrogen-bond acceptors (Lipinski definition) is 4. The van der Waals surface area contributed by atoms with Crippen molar-refractivity contribution in [2.75, 3.05) is 6.54 Å². The number of imide groups is 1. The van der Waals surface area contributed by atoms with Gasteiger partial charge in [-0.2, -0.15) is 0 Å². The molecule has 1 saturated heterocycles. The van der Waals surface area contributed by atoms with Crippen LogP contribution in [0.25, 0.3) is 0 Å². The predicted octanol–water partition coefficient (Wildman–Crippen LogP) is 3.70. The van der Waals surface area contributed by atoms with Crippen LogP contribution in [0.5, 0.6) is 0 Å². The van der Waals surface area contributed by atoms with Crippen molar-refractivity contribution < 1.29 is 19.2 Å². The molecule has 1 heterocycles. The molecule has 184 valence electrons. The Morgan fingerprint density at radius 2 is 1.65 bits per heavy atom. The molecule has 7 nitrogen and oxygen atoms in total. The Morgan fingerprint density at radius 1 is 1.06 bits per heavy atom. The molecule has 1 N–H and O–H groups in total. The van der Waals surface area contributed by atoms with Crippen LogP contribution in [-0.2, 0) is 25.7 Å². The van der Waals surface area contributed by atoms with E-state index in [1.165, 1.54) is 4.90 Å². The van der Waals surface area contributed by atoms with E-state index in [-0.39, 0.29) is 61.0 Å². The third-order valence-electron chi connectivity index (χ3n) is 6.80. The number of nitrogens with one attached hydrogen (secondary N) is 1. The molecular formula is C26H34ClN3O4. The molecule has 2 unspecified atom stereocenters. The van der Waals surface area contributed by atoms with Crippen LogP contribution in [0.3, 0.4) is 0 Å². The van der Waals surface area contributed by atoms with E-state index in [2.05, 4.69) is 5.32 Å². The van der Waals surface area contributed by atoms with Crippen molar-refractivity contribution in [1.82, 2.24) is 15.1 Å². The van der Waals surface area contributed by atoms with Gasteiger partial charge < -0.3 is 10.2 Å². The molecule has 1 aromatic rings. The summed E-state index contributed by atoms with van der Waals surface area (Å²) in [7, 11) is 0. The van der Waals surface area contributed by atoms with E-state index >= 15 is 0 Å². The highest BCUT2D eigenvalue weighted by molar-refractivity contribution is 6.30. The molecule has 0 aromatic heterocycles. The van der Waals surface area contributed by atoms with E-state index in [9.17, 15) is 19.2 Å². The zero-order valence-electron chi connectivity index (χ0n) is 20.1. The quantitative estimate of drug-likeness (QED) is 0.402. The molecule has 1 aliphatic carbocycles. The second kappa shape index (κ2) is 11.6. The highest BCUT2D eigenvalue weighted by Crippen LogP contribution is 2.35. The smallest absolute Gasteiger partial charge is 0.243 e. The summed E-state index contributed by atoms with van der Waals surface area (Å²) in [5.41, 5.74) is 0.845. The summed E-state index contributed by atoms with van der Waals surface area (Å²) in [6.07, 6.45) is 6.22. The van der Waals surface area contributed by atoms with E-state index in [1.54, 1.807) is 17.0 Å². The van der Waals surface area contributed by atoms with Crippen molar-refractivity contribution in [3.8, 4) is 0 Å². The minimum Gasteiger partial charge on any atom is -0.352 e. The van der Waals surface area contributed by atoms with Gasteiger partial charge in [0.1, 0.15) is 6.04 Å². The maximum Gasteiger partial charge on any atom is 0.243 e. The van der Waals surface area contributed by atoms with Gasteiger partial charge >= 0.3 is 0 Å². The van der Waals surface area contributed by atoms with E-state index < -0.39 is 6.04 Å². The summed E-state index contributed by atoms with van der Waals surface area (Å²) in [6, 6.07) is 6.48. The lowest BCUT2D eigenvalue weighted by atomic mass is 9.85. The number of amides is 4. The Balaban J connectivity index is 1.75. The molecule has 4 amide bonds. The van der Waals surface area contributed by atoms with Gasteiger partial charge in [0.05, 0.1) is 11.8 Å². The molecule has 2 aliphatic rings. The first-order valence-electron chi connectivity index (χ1n) is 12.1. The summed E-state index contributed by atoms with van der Waals surface area (Å²) >= 11 is 6.01. The molecule has 0 radical (unpaired) electrons. The van der Waals surface area contributed by atoms with Gasteiger partial charge in [0.2, 0.25) is 23.6 Å². The van der Waals surface area contributed by atoms with E-state index in [0.717, 1.165) is 12.0 Å².